The zero-order chi connectivity index (χ0) is 16.2. The Kier molecular flexibility index (Phi) is 5.51. The summed E-state index contributed by atoms with van der Waals surface area (Å²) in [6, 6.07) is 2.57. The highest BCUT2D eigenvalue weighted by Gasteiger charge is 2.22. The van der Waals surface area contributed by atoms with Gasteiger partial charge in [0, 0.05) is 32.3 Å². The van der Waals surface area contributed by atoms with Crippen LogP contribution in [0.5, 0.6) is 0 Å². The van der Waals surface area contributed by atoms with Crippen LogP contribution in [0.4, 0.5) is 11.4 Å². The summed E-state index contributed by atoms with van der Waals surface area (Å²) in [5, 5.41) is 16.4. The van der Waals surface area contributed by atoms with Gasteiger partial charge in [-0.05, 0) is 19.9 Å². The number of nitro groups is 1. The predicted molar refractivity (Wildman–Crippen MR) is 81.1 cm³/mol. The van der Waals surface area contributed by atoms with E-state index in [9.17, 15) is 14.9 Å². The number of anilines is 1. The van der Waals surface area contributed by atoms with Gasteiger partial charge >= 0.3 is 0 Å². The molecule has 7 nitrogen and oxygen atoms in total. The molecule has 1 aromatic rings. The van der Waals surface area contributed by atoms with Gasteiger partial charge in [-0.2, -0.15) is 0 Å². The van der Waals surface area contributed by atoms with Crippen molar-refractivity contribution in [1.82, 2.24) is 5.32 Å². The van der Waals surface area contributed by atoms with Gasteiger partial charge in [-0.1, -0.05) is 11.6 Å². The Labute approximate surface area is 127 Å². The van der Waals surface area contributed by atoms with Gasteiger partial charge in [0.05, 0.1) is 15.5 Å². The van der Waals surface area contributed by atoms with Gasteiger partial charge in [0.2, 0.25) is 0 Å². The van der Waals surface area contributed by atoms with Crippen LogP contribution in [0.1, 0.15) is 24.2 Å². The third-order valence-electron chi connectivity index (χ3n) is 3.01. The molecule has 0 radical (unpaired) electrons. The number of nitrogens with zero attached hydrogens (tertiary/aromatic N) is 1. The molecule has 0 saturated heterocycles. The second kappa shape index (κ2) is 6.73. The maximum Gasteiger partial charge on any atom is 0.294 e. The third kappa shape index (κ3) is 4.30. The Morgan fingerprint density at radius 2 is 2.10 bits per heavy atom. The molecule has 1 rings (SSSR count). The minimum atomic E-state index is -0.590. The molecule has 0 bridgehead atoms. The summed E-state index contributed by atoms with van der Waals surface area (Å²) in [7, 11) is 3.06. The fourth-order valence-corrected chi connectivity index (χ4v) is 1.89. The van der Waals surface area contributed by atoms with Gasteiger partial charge in [-0.25, -0.2) is 0 Å². The van der Waals surface area contributed by atoms with Crippen LogP contribution in [-0.2, 0) is 4.74 Å². The summed E-state index contributed by atoms with van der Waals surface area (Å²) in [6.45, 7) is 3.89. The van der Waals surface area contributed by atoms with Gasteiger partial charge in [0.15, 0.2) is 0 Å². The molecule has 2 N–H and O–H groups in total. The standard InChI is InChI=1S/C13H18ClN3O4/c1-13(2,21-4)7-16-12(18)8-5-9(14)11(15-3)10(6-8)17(19)20/h5-6,15H,7H2,1-4H3,(H,16,18). The molecule has 0 aliphatic rings. The number of nitrogens with one attached hydrogen (secondary N) is 2. The second-order valence-electron chi connectivity index (χ2n) is 5.01. The van der Waals surface area contributed by atoms with E-state index in [1.807, 2.05) is 13.8 Å². The molecule has 1 amide bonds. The Balaban J connectivity index is 3.03. The largest absolute Gasteiger partial charge is 0.381 e. The van der Waals surface area contributed by atoms with E-state index in [0.717, 1.165) is 0 Å². The predicted octanol–water partition coefficient (Wildman–Crippen LogP) is 2.44. The minimum absolute atomic E-state index is 0.114. The number of carbonyl (C=O) groups excluding carboxylic acids is 1. The maximum absolute atomic E-state index is 12.1. The van der Waals surface area contributed by atoms with Gasteiger partial charge in [-0.15, -0.1) is 0 Å². The molecule has 0 fully saturated rings. The van der Waals surface area contributed by atoms with Crippen LogP contribution in [-0.4, -0.2) is 37.1 Å². The summed E-state index contributed by atoms with van der Waals surface area (Å²) in [6.07, 6.45) is 0. The first kappa shape index (κ1) is 17.2. The van der Waals surface area contributed by atoms with E-state index in [1.54, 1.807) is 0 Å². The van der Waals surface area contributed by atoms with Crippen molar-refractivity contribution >= 4 is 28.9 Å². The van der Waals surface area contributed by atoms with Crippen molar-refractivity contribution < 1.29 is 14.5 Å². The first-order chi connectivity index (χ1) is 9.71. The number of benzene rings is 1. The number of hydrogen-bond acceptors (Lipinski definition) is 5. The van der Waals surface area contributed by atoms with E-state index < -0.39 is 16.4 Å². The molecule has 0 unspecified atom stereocenters. The van der Waals surface area contributed by atoms with Crippen LogP contribution >= 0.6 is 11.6 Å². The number of ether oxygens (including phenoxy) is 1. The summed E-state index contributed by atoms with van der Waals surface area (Å²) in [4.78, 5) is 22.5. The van der Waals surface area contributed by atoms with E-state index >= 15 is 0 Å². The first-order valence-electron chi connectivity index (χ1n) is 6.21. The van der Waals surface area contributed by atoms with Crippen molar-refractivity contribution in [3.63, 3.8) is 0 Å². The Bertz CT molecular complexity index is 561. The highest BCUT2D eigenvalue weighted by atomic mass is 35.5. The molecule has 21 heavy (non-hydrogen) atoms. The average Bonchev–Trinajstić information content (AvgIpc) is 2.43. The molecule has 0 saturated carbocycles. The van der Waals surface area contributed by atoms with Crippen LogP contribution in [0.2, 0.25) is 5.02 Å². The van der Waals surface area contributed by atoms with Crippen LogP contribution in [0.25, 0.3) is 0 Å². The average molecular weight is 316 g/mol. The number of halogens is 1. The second-order valence-corrected chi connectivity index (χ2v) is 5.41. The summed E-state index contributed by atoms with van der Waals surface area (Å²) < 4.78 is 5.19. The molecule has 0 heterocycles. The Morgan fingerprint density at radius 1 is 1.48 bits per heavy atom. The minimum Gasteiger partial charge on any atom is -0.381 e. The Morgan fingerprint density at radius 3 is 2.57 bits per heavy atom. The monoisotopic (exact) mass is 315 g/mol. The van der Waals surface area contributed by atoms with E-state index in [4.69, 9.17) is 16.3 Å². The SMILES string of the molecule is CNc1c(Cl)cc(C(=O)NCC(C)(C)OC)cc1[N+](=O)[O-]. The number of hydrogen-bond donors (Lipinski definition) is 2. The van der Waals surface area contributed by atoms with Crippen molar-refractivity contribution in [2.24, 2.45) is 0 Å². The van der Waals surface area contributed by atoms with Crippen LogP contribution in [0, 0.1) is 10.1 Å². The van der Waals surface area contributed by atoms with Crippen molar-refractivity contribution in [2.75, 3.05) is 26.0 Å². The molecule has 0 spiro atoms. The summed E-state index contributed by atoms with van der Waals surface area (Å²) in [5.74, 6) is -0.451. The molecule has 0 aliphatic carbocycles. The number of carbonyl (C=O) groups is 1. The quantitative estimate of drug-likeness (QED) is 0.621. The van der Waals surface area contributed by atoms with E-state index in [1.165, 1.54) is 26.3 Å². The molecular weight excluding hydrogens is 298 g/mol. The lowest BCUT2D eigenvalue weighted by Gasteiger charge is -2.23. The third-order valence-corrected chi connectivity index (χ3v) is 3.30. The lowest BCUT2D eigenvalue weighted by molar-refractivity contribution is -0.383. The first-order valence-corrected chi connectivity index (χ1v) is 6.58. The van der Waals surface area contributed by atoms with Gasteiger partial charge in [0.1, 0.15) is 5.69 Å². The topological polar surface area (TPSA) is 93.5 Å². The Hall–Kier alpha value is -1.86. The molecule has 8 heteroatoms. The zero-order valence-electron chi connectivity index (χ0n) is 12.3. The van der Waals surface area contributed by atoms with Crippen molar-refractivity contribution in [2.45, 2.75) is 19.4 Å². The molecule has 0 aliphatic heterocycles. The van der Waals surface area contributed by atoms with Crippen LogP contribution < -0.4 is 10.6 Å². The molecular formula is C13H18ClN3O4. The molecule has 0 aromatic heterocycles. The lowest BCUT2D eigenvalue weighted by Crippen LogP contribution is -2.39. The zero-order valence-corrected chi connectivity index (χ0v) is 13.1. The fourth-order valence-electron chi connectivity index (χ4n) is 1.58. The van der Waals surface area contributed by atoms with Crippen molar-refractivity contribution in [3.05, 3.63) is 32.8 Å². The molecule has 1 aromatic carbocycles. The smallest absolute Gasteiger partial charge is 0.294 e. The highest BCUT2D eigenvalue weighted by molar-refractivity contribution is 6.34. The fraction of sp³-hybridized carbons (Fsp3) is 0.462. The normalized spacial score (nSPS) is 11.1. The highest BCUT2D eigenvalue weighted by Crippen LogP contribution is 2.33. The van der Waals surface area contributed by atoms with Crippen molar-refractivity contribution in [3.8, 4) is 0 Å². The molecule has 0 atom stereocenters. The van der Waals surface area contributed by atoms with Gasteiger partial charge in [0.25, 0.3) is 11.6 Å². The lowest BCUT2D eigenvalue weighted by atomic mass is 10.1. The van der Waals surface area contributed by atoms with E-state index in [0.29, 0.717) is 0 Å². The van der Waals surface area contributed by atoms with Crippen LogP contribution in [0.3, 0.4) is 0 Å². The van der Waals surface area contributed by atoms with E-state index in [-0.39, 0.29) is 28.5 Å². The number of methoxy groups -OCH3 is 1. The van der Waals surface area contributed by atoms with Crippen molar-refractivity contribution in [1.29, 1.82) is 0 Å². The number of amides is 1. The molecule has 116 valence electrons. The summed E-state index contributed by atoms with van der Waals surface area (Å²) >= 11 is 5.97. The maximum atomic E-state index is 12.1. The number of rotatable bonds is 6. The van der Waals surface area contributed by atoms with Gasteiger partial charge in [-0.3, -0.25) is 14.9 Å². The van der Waals surface area contributed by atoms with Gasteiger partial charge < -0.3 is 15.4 Å². The summed E-state index contributed by atoms with van der Waals surface area (Å²) in [5.41, 5.74) is -0.481. The van der Waals surface area contributed by atoms with E-state index in [2.05, 4.69) is 10.6 Å². The van der Waals surface area contributed by atoms with Crippen LogP contribution in [0.15, 0.2) is 12.1 Å². The number of nitro benzene ring substituents is 1.